The van der Waals surface area contributed by atoms with Crippen LogP contribution in [0.3, 0.4) is 0 Å². The lowest BCUT2D eigenvalue weighted by Crippen LogP contribution is -2.42. The fraction of sp³-hybridized carbons (Fsp3) is 0.321. The number of likely N-dealkylation sites (tertiary alicyclic amines) is 1. The van der Waals surface area contributed by atoms with Crippen molar-refractivity contribution in [1.82, 2.24) is 29.8 Å². The summed E-state index contributed by atoms with van der Waals surface area (Å²) in [5.74, 6) is -1.52. The third kappa shape index (κ3) is 5.69. The number of carbonyl (C=O) groups is 1. The van der Waals surface area contributed by atoms with Crippen molar-refractivity contribution in [2.45, 2.75) is 18.9 Å². The molecule has 0 bridgehead atoms. The molecule has 204 valence electrons. The largest absolute Gasteiger partial charge is 0.383 e. The van der Waals surface area contributed by atoms with E-state index in [-0.39, 0.29) is 12.0 Å². The Morgan fingerprint density at radius 3 is 2.56 bits per heavy atom. The van der Waals surface area contributed by atoms with E-state index in [1.807, 2.05) is 56.6 Å². The third-order valence-corrected chi connectivity index (χ3v) is 7.01. The molecule has 5 rings (SSSR count). The number of anilines is 1. The topological polar surface area (TPSA) is 89.2 Å². The van der Waals surface area contributed by atoms with Gasteiger partial charge in [-0.1, -0.05) is 24.3 Å². The lowest BCUT2D eigenvalue weighted by atomic mass is 9.94. The molecular weight excluding hydrogens is 504 g/mol. The van der Waals surface area contributed by atoms with E-state index >= 15 is 0 Å². The van der Waals surface area contributed by atoms with Gasteiger partial charge in [0, 0.05) is 51.5 Å². The Bertz CT molecular complexity index is 1450. The fourth-order valence-corrected chi connectivity index (χ4v) is 5.01. The first-order valence-corrected chi connectivity index (χ1v) is 12.7. The van der Waals surface area contributed by atoms with E-state index in [9.17, 15) is 13.6 Å². The maximum Gasteiger partial charge on any atom is 0.320 e. The van der Waals surface area contributed by atoms with E-state index in [2.05, 4.69) is 20.6 Å². The predicted molar refractivity (Wildman–Crippen MR) is 144 cm³/mol. The van der Waals surface area contributed by atoms with Crippen LogP contribution < -0.4 is 10.6 Å². The van der Waals surface area contributed by atoms with Crippen molar-refractivity contribution < 1.29 is 18.3 Å². The average molecular weight is 536 g/mol. The standard InChI is InChI=1S/C28H31F2N7O2/c1-18-26(24-11-12-35(2)33-24)34-37(20-7-5-4-6-8-20)27(18)32-28(38)31-25-17-36(13-14-39-3)16-21(25)19-9-10-22(29)23(30)15-19/h4-12,15,21,25H,13-14,16-17H2,1-3H3,(H2,31,32,38). The van der Waals surface area contributed by atoms with E-state index in [4.69, 9.17) is 9.84 Å². The Balaban J connectivity index is 1.42. The molecule has 2 N–H and O–H groups in total. The molecule has 0 saturated carbocycles. The molecule has 1 aliphatic heterocycles. The fourth-order valence-electron chi connectivity index (χ4n) is 5.01. The summed E-state index contributed by atoms with van der Waals surface area (Å²) in [6, 6.07) is 14.5. The van der Waals surface area contributed by atoms with Gasteiger partial charge in [0.2, 0.25) is 0 Å². The van der Waals surface area contributed by atoms with Gasteiger partial charge in [0.05, 0.1) is 18.3 Å². The zero-order chi connectivity index (χ0) is 27.5. The van der Waals surface area contributed by atoms with Crippen LogP contribution in [0.4, 0.5) is 19.4 Å². The third-order valence-electron chi connectivity index (χ3n) is 7.01. The quantitative estimate of drug-likeness (QED) is 0.355. The molecule has 2 unspecified atom stereocenters. The van der Waals surface area contributed by atoms with Gasteiger partial charge in [-0.2, -0.15) is 10.2 Å². The number of hydrogen-bond donors (Lipinski definition) is 2. The van der Waals surface area contributed by atoms with Crippen LogP contribution in [0, 0.1) is 18.6 Å². The summed E-state index contributed by atoms with van der Waals surface area (Å²) in [5.41, 5.74) is 3.52. The highest BCUT2D eigenvalue weighted by Crippen LogP contribution is 2.31. The SMILES string of the molecule is COCCN1CC(NC(=O)Nc2c(C)c(-c3ccn(C)n3)nn2-c2ccccc2)C(c2ccc(F)c(F)c2)C1. The summed E-state index contributed by atoms with van der Waals surface area (Å²) in [4.78, 5) is 15.6. The Morgan fingerprint density at radius 1 is 1.08 bits per heavy atom. The molecule has 1 fully saturated rings. The number of para-hydroxylation sites is 1. The molecule has 2 aromatic heterocycles. The Labute approximate surface area is 225 Å². The predicted octanol–water partition coefficient (Wildman–Crippen LogP) is 4.10. The molecule has 4 aromatic rings. The molecule has 0 radical (unpaired) electrons. The van der Waals surface area contributed by atoms with Crippen molar-refractivity contribution in [3.63, 3.8) is 0 Å². The van der Waals surface area contributed by atoms with Crippen LogP contribution in [-0.4, -0.2) is 69.9 Å². The number of amides is 2. The van der Waals surface area contributed by atoms with Crippen LogP contribution in [0.25, 0.3) is 17.1 Å². The molecular formula is C28H31F2N7O2. The van der Waals surface area contributed by atoms with Crippen molar-refractivity contribution in [3.05, 3.63) is 83.6 Å². The van der Waals surface area contributed by atoms with Gasteiger partial charge in [-0.15, -0.1) is 0 Å². The zero-order valence-corrected chi connectivity index (χ0v) is 22.1. The number of aryl methyl sites for hydroxylation is 1. The Kier molecular flexibility index (Phi) is 7.71. The minimum absolute atomic E-state index is 0.230. The summed E-state index contributed by atoms with van der Waals surface area (Å²) < 4.78 is 36.3. The number of aromatic nitrogens is 4. The second kappa shape index (κ2) is 11.3. The summed E-state index contributed by atoms with van der Waals surface area (Å²) in [6.07, 6.45) is 1.84. The van der Waals surface area contributed by atoms with Gasteiger partial charge >= 0.3 is 6.03 Å². The number of carbonyl (C=O) groups excluding carboxylic acids is 1. The van der Waals surface area contributed by atoms with Gasteiger partial charge in [0.15, 0.2) is 11.6 Å². The monoisotopic (exact) mass is 535 g/mol. The molecule has 2 amide bonds. The van der Waals surface area contributed by atoms with Gasteiger partial charge in [0.25, 0.3) is 0 Å². The highest BCUT2D eigenvalue weighted by molar-refractivity contribution is 5.91. The van der Waals surface area contributed by atoms with Crippen molar-refractivity contribution in [1.29, 1.82) is 0 Å². The van der Waals surface area contributed by atoms with Crippen molar-refractivity contribution in [3.8, 4) is 17.1 Å². The van der Waals surface area contributed by atoms with Crippen molar-refractivity contribution >= 4 is 11.8 Å². The number of halogens is 2. The number of benzene rings is 2. The minimum atomic E-state index is -0.907. The van der Waals surface area contributed by atoms with Crippen LogP contribution in [0.2, 0.25) is 0 Å². The van der Waals surface area contributed by atoms with E-state index in [0.29, 0.717) is 49.0 Å². The second-order valence-electron chi connectivity index (χ2n) is 9.68. The number of urea groups is 1. The first-order valence-electron chi connectivity index (χ1n) is 12.7. The van der Waals surface area contributed by atoms with Gasteiger partial charge in [-0.3, -0.25) is 14.9 Å². The number of methoxy groups -OCH3 is 1. The molecule has 9 nitrogen and oxygen atoms in total. The van der Waals surface area contributed by atoms with E-state index in [1.165, 1.54) is 6.07 Å². The van der Waals surface area contributed by atoms with Crippen LogP contribution in [0.5, 0.6) is 0 Å². The van der Waals surface area contributed by atoms with Gasteiger partial charge in [-0.25, -0.2) is 18.3 Å². The molecule has 0 spiro atoms. The molecule has 11 heteroatoms. The second-order valence-corrected chi connectivity index (χ2v) is 9.68. The maximum absolute atomic E-state index is 14.1. The van der Waals surface area contributed by atoms with Crippen molar-refractivity contribution in [2.24, 2.45) is 7.05 Å². The number of nitrogens with zero attached hydrogens (tertiary/aromatic N) is 5. The number of nitrogens with one attached hydrogen (secondary N) is 2. The summed E-state index contributed by atoms with van der Waals surface area (Å²) in [7, 11) is 3.46. The highest BCUT2D eigenvalue weighted by Gasteiger charge is 2.35. The van der Waals surface area contributed by atoms with Crippen LogP contribution in [0.15, 0.2) is 60.8 Å². The van der Waals surface area contributed by atoms with Crippen molar-refractivity contribution in [2.75, 3.05) is 38.7 Å². The summed E-state index contributed by atoms with van der Waals surface area (Å²) in [6.45, 7) is 4.18. The number of hydrogen-bond acceptors (Lipinski definition) is 5. The van der Waals surface area contributed by atoms with Crippen LogP contribution >= 0.6 is 0 Å². The van der Waals surface area contributed by atoms with Gasteiger partial charge < -0.3 is 10.1 Å². The summed E-state index contributed by atoms with van der Waals surface area (Å²) in [5, 5.41) is 15.3. The average Bonchev–Trinajstić information content (AvgIpc) is 3.62. The normalized spacial score (nSPS) is 17.5. The lowest BCUT2D eigenvalue weighted by molar-refractivity contribution is 0.159. The molecule has 1 saturated heterocycles. The van der Waals surface area contributed by atoms with Gasteiger partial charge in [0.1, 0.15) is 17.2 Å². The molecule has 3 heterocycles. The number of rotatable bonds is 8. The highest BCUT2D eigenvalue weighted by atomic mass is 19.2. The first kappa shape index (κ1) is 26.5. The van der Waals surface area contributed by atoms with Gasteiger partial charge in [-0.05, 0) is 42.8 Å². The summed E-state index contributed by atoms with van der Waals surface area (Å²) >= 11 is 0. The first-order chi connectivity index (χ1) is 18.8. The Hall–Kier alpha value is -4.09. The zero-order valence-electron chi connectivity index (χ0n) is 22.1. The van der Waals surface area contributed by atoms with Crippen LogP contribution in [-0.2, 0) is 11.8 Å². The van der Waals surface area contributed by atoms with E-state index in [1.54, 1.807) is 22.5 Å². The molecule has 39 heavy (non-hydrogen) atoms. The van der Waals surface area contributed by atoms with Crippen LogP contribution in [0.1, 0.15) is 17.0 Å². The van der Waals surface area contributed by atoms with E-state index in [0.717, 1.165) is 17.3 Å². The smallest absolute Gasteiger partial charge is 0.320 e. The molecule has 0 aliphatic carbocycles. The van der Waals surface area contributed by atoms with E-state index < -0.39 is 17.7 Å². The molecule has 1 aliphatic rings. The Morgan fingerprint density at radius 2 is 1.87 bits per heavy atom. The minimum Gasteiger partial charge on any atom is -0.383 e. The molecule has 2 aromatic carbocycles. The number of ether oxygens (including phenoxy) is 1. The maximum atomic E-state index is 14.1. The molecule has 2 atom stereocenters. The lowest BCUT2D eigenvalue weighted by Gasteiger charge is -2.21.